The molecule has 0 aliphatic carbocycles. The third-order valence-corrected chi connectivity index (χ3v) is 10.6. The predicted octanol–water partition coefficient (Wildman–Crippen LogP) is 3.27. The smallest absolute Gasteiger partial charge is 0.303 e. The maximum Gasteiger partial charge on any atom is 0.303 e. The molecule has 11 heteroatoms. The van der Waals surface area contributed by atoms with Gasteiger partial charge in [-0.25, -0.2) is 0 Å². The van der Waals surface area contributed by atoms with Gasteiger partial charge < -0.3 is 30.8 Å². The van der Waals surface area contributed by atoms with E-state index in [4.69, 9.17) is 0 Å². The molecule has 5 heterocycles. The molecule has 10 nitrogen and oxygen atoms in total. The van der Waals surface area contributed by atoms with Crippen molar-refractivity contribution in [2.75, 3.05) is 5.75 Å². The van der Waals surface area contributed by atoms with Crippen LogP contribution in [0.1, 0.15) is 85.1 Å². The van der Waals surface area contributed by atoms with E-state index in [0.717, 1.165) is 74.0 Å². The Hall–Kier alpha value is -3.73. The van der Waals surface area contributed by atoms with E-state index in [1.54, 1.807) is 0 Å². The summed E-state index contributed by atoms with van der Waals surface area (Å²) in [6.45, 7) is 9.99. The molecule has 3 aliphatic rings. The van der Waals surface area contributed by atoms with Crippen LogP contribution in [0.25, 0.3) is 6.08 Å². The zero-order chi connectivity index (χ0) is 31.9. The number of hydrogen-bond donors (Lipinski definition) is 6. The lowest BCUT2D eigenvalue weighted by Gasteiger charge is -2.12. The lowest BCUT2D eigenvalue weighted by atomic mass is 9.92. The van der Waals surface area contributed by atoms with Crippen LogP contribution in [0.3, 0.4) is 0 Å². The molecule has 2 fully saturated rings. The second-order valence-electron chi connectivity index (χ2n) is 12.4. The van der Waals surface area contributed by atoms with Gasteiger partial charge in [-0.1, -0.05) is 13.8 Å². The van der Waals surface area contributed by atoms with Crippen LogP contribution in [0.2, 0.25) is 0 Å². The zero-order valence-electron chi connectivity index (χ0n) is 26.0. The Balaban J connectivity index is 1.50. The van der Waals surface area contributed by atoms with Crippen LogP contribution >= 0.6 is 0 Å². The second-order valence-corrected chi connectivity index (χ2v) is 13.7. The number of aromatic nitrogens is 2. The molecule has 4 atom stereocenters. The van der Waals surface area contributed by atoms with E-state index in [-0.39, 0.29) is 42.5 Å². The summed E-state index contributed by atoms with van der Waals surface area (Å²) in [5, 5.41) is 25.5. The number of amides is 2. The average Bonchev–Trinajstić information content (AvgIpc) is 3.53. The van der Waals surface area contributed by atoms with Crippen molar-refractivity contribution in [2.24, 2.45) is 11.8 Å². The van der Waals surface area contributed by atoms with Gasteiger partial charge in [0.15, 0.2) is 11.0 Å². The molecule has 2 aromatic rings. The molecule has 0 bridgehead atoms. The third-order valence-electron chi connectivity index (χ3n) is 9.64. The summed E-state index contributed by atoms with van der Waals surface area (Å²) < 4.78 is 0. The molecule has 44 heavy (non-hydrogen) atoms. The van der Waals surface area contributed by atoms with Crippen molar-refractivity contribution >= 4 is 41.6 Å². The van der Waals surface area contributed by atoms with Gasteiger partial charge in [-0.2, -0.15) is 0 Å². The van der Waals surface area contributed by atoms with Crippen molar-refractivity contribution in [3.8, 4) is 0 Å². The SMILES string of the molecule is CC[C@H]1/C(=C/c2[nH]c(Cc3[nH]c(C[C@H]4NC(=O)C([C@H]5C[SH+]5)=C4C)c(C)c3CCC(=O)O)c(CCC(=O)O)c2C)NC(=O)[C@@H]1C. The predicted molar refractivity (Wildman–Crippen MR) is 171 cm³/mol. The Morgan fingerprint density at radius 1 is 0.955 bits per heavy atom. The van der Waals surface area contributed by atoms with Crippen molar-refractivity contribution in [3.05, 3.63) is 61.9 Å². The topological polar surface area (TPSA) is 164 Å². The Morgan fingerprint density at radius 2 is 1.57 bits per heavy atom. The number of aromatic amines is 2. The molecule has 2 aromatic heterocycles. The number of rotatable bonds is 13. The van der Waals surface area contributed by atoms with Crippen molar-refractivity contribution in [3.63, 3.8) is 0 Å². The van der Waals surface area contributed by atoms with E-state index in [9.17, 15) is 29.4 Å². The van der Waals surface area contributed by atoms with Gasteiger partial charge in [-0.05, 0) is 85.7 Å². The quantitative estimate of drug-likeness (QED) is 0.114. The summed E-state index contributed by atoms with van der Waals surface area (Å²) >= 11 is 1.30. The lowest BCUT2D eigenvalue weighted by Crippen LogP contribution is -2.31. The largest absolute Gasteiger partial charge is 0.481 e. The van der Waals surface area contributed by atoms with E-state index in [1.165, 1.54) is 11.8 Å². The van der Waals surface area contributed by atoms with Crippen molar-refractivity contribution in [1.82, 2.24) is 20.6 Å². The third kappa shape index (κ3) is 6.38. The number of aliphatic carboxylic acids is 2. The van der Waals surface area contributed by atoms with Crippen LogP contribution in [0.5, 0.6) is 0 Å². The number of H-pyrrole nitrogens is 2. The number of allylic oxidation sites excluding steroid dienone is 1. The van der Waals surface area contributed by atoms with Gasteiger partial charge in [0.05, 0.1) is 11.6 Å². The van der Waals surface area contributed by atoms with Gasteiger partial charge in [0, 0.05) is 66.0 Å². The first-order valence-corrected chi connectivity index (χ1v) is 16.6. The summed E-state index contributed by atoms with van der Waals surface area (Å²) in [6.07, 6.45) is 4.47. The molecule has 0 unspecified atom stereocenters. The molecule has 0 aromatic carbocycles. The fraction of sp³-hybridized carbons (Fsp3) is 0.515. The minimum absolute atomic E-state index is 0.00321. The molecule has 5 rings (SSSR count). The van der Waals surface area contributed by atoms with Crippen LogP contribution in [-0.4, -0.2) is 61.0 Å². The van der Waals surface area contributed by atoms with Crippen molar-refractivity contribution < 1.29 is 29.4 Å². The van der Waals surface area contributed by atoms with E-state index in [2.05, 4.69) is 27.5 Å². The number of carbonyl (C=O) groups is 4. The summed E-state index contributed by atoms with van der Waals surface area (Å²) in [4.78, 5) is 55.4. The average molecular weight is 624 g/mol. The molecule has 0 spiro atoms. The first kappa shape index (κ1) is 31.7. The fourth-order valence-corrected chi connectivity index (χ4v) is 7.68. The Morgan fingerprint density at radius 3 is 2.16 bits per heavy atom. The fourth-order valence-electron chi connectivity index (χ4n) is 6.89. The van der Waals surface area contributed by atoms with E-state index < -0.39 is 11.9 Å². The normalized spacial score (nSPS) is 23.9. The lowest BCUT2D eigenvalue weighted by molar-refractivity contribution is -0.138. The van der Waals surface area contributed by atoms with Crippen molar-refractivity contribution in [1.29, 1.82) is 0 Å². The van der Waals surface area contributed by atoms with Crippen LogP contribution in [0.4, 0.5) is 0 Å². The van der Waals surface area contributed by atoms with Crippen LogP contribution < -0.4 is 10.6 Å². The molecule has 2 saturated heterocycles. The van der Waals surface area contributed by atoms with Crippen LogP contribution in [0, 0.1) is 25.7 Å². The standard InChI is InChI=1S/C33H42N4O6S/c1-6-19-17(4)32(42)37-25(19)12-23-16(3)21(8-10-30(40)41)27(35-23)13-26-20(7-9-29(38)39)15(2)22(34-26)11-24-18(5)31(28-14-44-28)33(43)36-24/h12,17,19,24,28,34-35H,6-11,13-14H2,1-5H3,(H,36,43)(H,37,42)(H,38,39)(H,40,41)/p+1/b25-12-/t17-,19-,24-,28-/m1/s1. The number of hydrogen-bond acceptors (Lipinski definition) is 4. The van der Waals surface area contributed by atoms with Gasteiger partial charge >= 0.3 is 11.9 Å². The van der Waals surface area contributed by atoms with Crippen LogP contribution in [0.15, 0.2) is 16.8 Å². The molecule has 6 N–H and O–H groups in total. The van der Waals surface area contributed by atoms with Gasteiger partial charge in [-0.15, -0.1) is 0 Å². The highest BCUT2D eigenvalue weighted by Gasteiger charge is 2.47. The Kier molecular flexibility index (Phi) is 9.15. The van der Waals surface area contributed by atoms with E-state index in [1.807, 2.05) is 33.8 Å². The van der Waals surface area contributed by atoms with Crippen molar-refractivity contribution in [2.45, 2.75) is 90.9 Å². The molecule has 3 aliphatic heterocycles. The number of carboxylic acids is 2. The Bertz CT molecular complexity index is 1580. The highest BCUT2D eigenvalue weighted by molar-refractivity contribution is 7.87. The highest BCUT2D eigenvalue weighted by atomic mass is 32.2. The molecular weight excluding hydrogens is 580 g/mol. The maximum absolute atomic E-state index is 12.7. The highest BCUT2D eigenvalue weighted by Crippen LogP contribution is 2.34. The summed E-state index contributed by atoms with van der Waals surface area (Å²) in [6, 6.07) is -0.113. The molecular formula is C33H43N4O6S+. The summed E-state index contributed by atoms with van der Waals surface area (Å²) in [5.74, 6) is -0.745. The number of thiol groups is 1. The van der Waals surface area contributed by atoms with E-state index >= 15 is 0 Å². The zero-order valence-corrected chi connectivity index (χ0v) is 26.9. The molecule has 236 valence electrons. The maximum atomic E-state index is 12.7. The van der Waals surface area contributed by atoms with Gasteiger partial charge in [0.1, 0.15) is 0 Å². The van der Waals surface area contributed by atoms with Crippen LogP contribution in [-0.2, 0) is 56.6 Å². The second kappa shape index (κ2) is 12.7. The Labute approximate surface area is 261 Å². The minimum Gasteiger partial charge on any atom is -0.481 e. The molecule has 0 radical (unpaired) electrons. The minimum atomic E-state index is -0.883. The van der Waals surface area contributed by atoms with Gasteiger partial charge in [0.25, 0.3) is 5.91 Å². The monoisotopic (exact) mass is 623 g/mol. The molecule has 2 amide bonds. The van der Waals surface area contributed by atoms with Gasteiger partial charge in [-0.3, -0.25) is 19.2 Å². The van der Waals surface area contributed by atoms with E-state index in [0.29, 0.717) is 30.9 Å². The van der Waals surface area contributed by atoms with Gasteiger partial charge in [0.2, 0.25) is 5.91 Å². The first-order valence-electron chi connectivity index (χ1n) is 15.4. The summed E-state index contributed by atoms with van der Waals surface area (Å²) in [7, 11) is 0. The number of carboxylic acid groups (broad SMARTS) is 2. The summed E-state index contributed by atoms with van der Waals surface area (Å²) in [5.41, 5.74) is 10.2. The first-order chi connectivity index (χ1) is 20.9. The molecule has 0 saturated carbocycles. The number of carbonyl (C=O) groups excluding carboxylic acids is 2. The number of nitrogens with one attached hydrogen (secondary N) is 4.